The fraction of sp³-hybridized carbons (Fsp3) is 0.394. The summed E-state index contributed by atoms with van der Waals surface area (Å²) in [5.74, 6) is 1.09. The first-order valence-corrected chi connectivity index (χ1v) is 15.6. The second-order valence-electron chi connectivity index (χ2n) is 10.4. The fourth-order valence-electron chi connectivity index (χ4n) is 4.87. The summed E-state index contributed by atoms with van der Waals surface area (Å²) in [5, 5.41) is 20.9. The fourth-order valence-corrected chi connectivity index (χ4v) is 5.92. The Kier molecular flexibility index (Phi) is 12.9. The van der Waals surface area contributed by atoms with Crippen molar-refractivity contribution in [3.05, 3.63) is 89.5 Å². The number of ether oxygens (including phenoxy) is 3. The van der Waals surface area contributed by atoms with Crippen molar-refractivity contribution in [3.8, 4) is 5.75 Å². The molecular formula is C33H40N2O7S. The number of para-hydroxylation sites is 1. The monoisotopic (exact) mass is 608 g/mol. The van der Waals surface area contributed by atoms with E-state index in [1.807, 2.05) is 72.8 Å². The van der Waals surface area contributed by atoms with Gasteiger partial charge in [0.05, 0.1) is 25.9 Å². The number of methoxy groups -OCH3 is 1. The van der Waals surface area contributed by atoms with Crippen molar-refractivity contribution >= 4 is 29.3 Å². The summed E-state index contributed by atoms with van der Waals surface area (Å²) < 4.78 is 18.4. The largest absolute Gasteiger partial charge is 0.496 e. The lowest BCUT2D eigenvalue weighted by atomic mass is 10.0. The molecule has 2 amide bonds. The van der Waals surface area contributed by atoms with Crippen molar-refractivity contribution in [1.82, 2.24) is 5.48 Å². The highest BCUT2D eigenvalue weighted by Gasteiger charge is 2.32. The third-order valence-electron chi connectivity index (χ3n) is 7.26. The molecule has 3 aromatic rings. The highest BCUT2D eigenvalue weighted by molar-refractivity contribution is 7.99. The molecule has 1 aliphatic rings. The highest BCUT2D eigenvalue weighted by Crippen LogP contribution is 2.40. The quantitative estimate of drug-likeness (QED) is 0.0685. The third-order valence-corrected chi connectivity index (χ3v) is 8.44. The van der Waals surface area contributed by atoms with Crippen LogP contribution in [0, 0.1) is 0 Å². The summed E-state index contributed by atoms with van der Waals surface area (Å²) in [6.45, 7) is -0.00981. The number of aliphatic hydroxyl groups excluding tert-OH is 1. The average molecular weight is 609 g/mol. The van der Waals surface area contributed by atoms with Crippen LogP contribution in [0.3, 0.4) is 0 Å². The average Bonchev–Trinajstić information content (AvgIpc) is 3.05. The van der Waals surface area contributed by atoms with Crippen LogP contribution in [0.4, 0.5) is 5.69 Å². The van der Waals surface area contributed by atoms with Gasteiger partial charge in [-0.25, -0.2) is 5.48 Å². The van der Waals surface area contributed by atoms with E-state index in [-0.39, 0.29) is 37.0 Å². The summed E-state index contributed by atoms with van der Waals surface area (Å²) in [6.07, 6.45) is 3.55. The number of anilines is 1. The standard InChI is InChI=1S/C33H40N2O7S/c1-40-28-8-6-7-9-30(28)43-22-27-20-29(24-14-12-23(21-36)13-15-24)42-33(41-27)25-16-18-26(19-17-25)34-31(37)10-4-2-3-5-11-32(38)35-39/h6-9,12-19,27,29,33,36,39H,2-5,10-11,20-22H2,1H3,(H,34,37)(H,35,38). The molecule has 0 saturated carbocycles. The lowest BCUT2D eigenvalue weighted by Gasteiger charge is -2.36. The van der Waals surface area contributed by atoms with Crippen LogP contribution in [0.1, 0.15) is 74.0 Å². The number of nitrogens with one attached hydrogen (secondary N) is 2. The molecule has 4 rings (SSSR count). The minimum absolute atomic E-state index is 0.00981. The molecule has 0 aromatic heterocycles. The Labute approximate surface area is 256 Å². The van der Waals surface area contributed by atoms with Gasteiger partial charge in [-0.2, -0.15) is 0 Å². The number of hydrogen-bond acceptors (Lipinski definition) is 8. The predicted molar refractivity (Wildman–Crippen MR) is 165 cm³/mol. The summed E-state index contributed by atoms with van der Waals surface area (Å²) in [6, 6.07) is 23.3. The molecule has 4 N–H and O–H groups in total. The second-order valence-corrected chi connectivity index (χ2v) is 11.5. The predicted octanol–water partition coefficient (Wildman–Crippen LogP) is 6.31. The zero-order valence-electron chi connectivity index (χ0n) is 24.4. The normalized spacial score (nSPS) is 18.2. The number of rotatable bonds is 15. The molecule has 0 bridgehead atoms. The van der Waals surface area contributed by atoms with Gasteiger partial charge in [-0.05, 0) is 48.2 Å². The Morgan fingerprint density at radius 2 is 1.56 bits per heavy atom. The van der Waals surface area contributed by atoms with E-state index in [2.05, 4.69) is 5.32 Å². The van der Waals surface area contributed by atoms with Gasteiger partial charge in [-0.1, -0.05) is 61.4 Å². The van der Waals surface area contributed by atoms with Crippen LogP contribution in [0.15, 0.2) is 77.7 Å². The lowest BCUT2D eigenvalue weighted by Crippen LogP contribution is -2.31. The van der Waals surface area contributed by atoms with Gasteiger partial charge in [0.1, 0.15) is 5.75 Å². The summed E-state index contributed by atoms with van der Waals surface area (Å²) in [4.78, 5) is 24.5. The summed E-state index contributed by atoms with van der Waals surface area (Å²) in [5.41, 5.74) is 5.05. The smallest absolute Gasteiger partial charge is 0.243 e. The number of amides is 2. The molecule has 1 heterocycles. The van der Waals surface area contributed by atoms with Crippen molar-refractivity contribution in [2.75, 3.05) is 18.2 Å². The van der Waals surface area contributed by atoms with Crippen molar-refractivity contribution in [2.45, 2.75) is 74.9 Å². The molecule has 1 fully saturated rings. The molecule has 1 aliphatic heterocycles. The van der Waals surface area contributed by atoms with E-state index in [4.69, 9.17) is 19.4 Å². The molecule has 1 saturated heterocycles. The Morgan fingerprint density at radius 1 is 0.884 bits per heavy atom. The maximum Gasteiger partial charge on any atom is 0.243 e. The molecule has 0 spiro atoms. The molecule has 9 nitrogen and oxygen atoms in total. The van der Waals surface area contributed by atoms with Crippen LogP contribution in [0.5, 0.6) is 5.75 Å². The Morgan fingerprint density at radius 3 is 2.23 bits per heavy atom. The van der Waals surface area contributed by atoms with E-state index in [1.165, 1.54) is 0 Å². The van der Waals surface area contributed by atoms with Gasteiger partial charge in [0.15, 0.2) is 6.29 Å². The van der Waals surface area contributed by atoms with Crippen LogP contribution in [-0.4, -0.2) is 41.1 Å². The van der Waals surface area contributed by atoms with Crippen molar-refractivity contribution in [2.24, 2.45) is 0 Å². The molecule has 3 unspecified atom stereocenters. The van der Waals surface area contributed by atoms with E-state index in [0.717, 1.165) is 46.6 Å². The number of hydroxylamine groups is 1. The first-order chi connectivity index (χ1) is 21.0. The molecule has 10 heteroatoms. The minimum atomic E-state index is -0.586. The number of carbonyl (C=O) groups excluding carboxylic acids is 2. The van der Waals surface area contributed by atoms with E-state index in [9.17, 15) is 14.7 Å². The number of thioether (sulfide) groups is 1. The molecule has 0 aliphatic carbocycles. The van der Waals surface area contributed by atoms with E-state index >= 15 is 0 Å². The van der Waals surface area contributed by atoms with Crippen LogP contribution >= 0.6 is 11.8 Å². The Bertz CT molecular complexity index is 1300. The van der Waals surface area contributed by atoms with Gasteiger partial charge in [0, 0.05) is 41.2 Å². The molecule has 3 atom stereocenters. The van der Waals surface area contributed by atoms with E-state index in [0.29, 0.717) is 30.7 Å². The number of unbranched alkanes of at least 4 members (excludes halogenated alkanes) is 3. The van der Waals surface area contributed by atoms with Crippen molar-refractivity contribution in [1.29, 1.82) is 0 Å². The minimum Gasteiger partial charge on any atom is -0.496 e. The van der Waals surface area contributed by atoms with Gasteiger partial charge in [0.2, 0.25) is 11.8 Å². The van der Waals surface area contributed by atoms with E-state index in [1.54, 1.807) is 24.4 Å². The van der Waals surface area contributed by atoms with Gasteiger partial charge < -0.3 is 24.6 Å². The van der Waals surface area contributed by atoms with E-state index < -0.39 is 6.29 Å². The van der Waals surface area contributed by atoms with Crippen molar-refractivity contribution < 1.29 is 34.1 Å². The molecule has 230 valence electrons. The summed E-state index contributed by atoms with van der Waals surface area (Å²) in [7, 11) is 1.67. The maximum atomic E-state index is 12.4. The zero-order valence-corrected chi connectivity index (χ0v) is 25.2. The van der Waals surface area contributed by atoms with Crippen LogP contribution < -0.4 is 15.5 Å². The molecule has 3 aromatic carbocycles. The first kappa shape index (κ1) is 32.5. The molecular weight excluding hydrogens is 568 g/mol. The number of aliphatic hydroxyl groups is 1. The maximum absolute atomic E-state index is 12.4. The van der Waals surface area contributed by atoms with Crippen LogP contribution in [-0.2, 0) is 25.7 Å². The number of hydrogen-bond donors (Lipinski definition) is 4. The molecule has 43 heavy (non-hydrogen) atoms. The number of carbonyl (C=O) groups is 2. The third kappa shape index (κ3) is 10.1. The topological polar surface area (TPSA) is 126 Å². The molecule has 0 radical (unpaired) electrons. The van der Waals surface area contributed by atoms with Gasteiger partial charge in [-0.3, -0.25) is 14.8 Å². The first-order valence-electron chi connectivity index (χ1n) is 14.6. The van der Waals surface area contributed by atoms with Gasteiger partial charge in [-0.15, -0.1) is 11.8 Å². The number of benzene rings is 3. The zero-order chi connectivity index (χ0) is 30.4. The van der Waals surface area contributed by atoms with Crippen molar-refractivity contribution in [3.63, 3.8) is 0 Å². The highest BCUT2D eigenvalue weighted by atomic mass is 32.2. The lowest BCUT2D eigenvalue weighted by molar-refractivity contribution is -0.245. The summed E-state index contributed by atoms with van der Waals surface area (Å²) >= 11 is 1.69. The van der Waals surface area contributed by atoms with Gasteiger partial charge in [0.25, 0.3) is 0 Å². The van der Waals surface area contributed by atoms with Crippen LogP contribution in [0.25, 0.3) is 0 Å². The SMILES string of the molecule is COc1ccccc1SCC1CC(c2ccc(CO)cc2)OC(c2ccc(NC(=O)CCCCCCC(=O)NO)cc2)O1. The Balaban J connectivity index is 1.36. The Hall–Kier alpha value is -3.41. The second kappa shape index (κ2) is 17.0. The van der Waals surface area contributed by atoms with Crippen LogP contribution in [0.2, 0.25) is 0 Å². The van der Waals surface area contributed by atoms with Gasteiger partial charge >= 0.3 is 0 Å².